The zero-order chi connectivity index (χ0) is 13.3. The average molecular weight is 255 g/mol. The molecule has 1 N–H and O–H groups in total. The molecule has 1 saturated heterocycles. The van der Waals surface area contributed by atoms with E-state index in [1.807, 2.05) is 0 Å². The Balaban J connectivity index is 1.87. The third-order valence-electron chi connectivity index (χ3n) is 3.96. The van der Waals surface area contributed by atoms with E-state index in [1.54, 1.807) is 0 Å². The van der Waals surface area contributed by atoms with Crippen molar-refractivity contribution < 1.29 is 4.74 Å². The number of hydrogen-bond donors (Lipinski definition) is 1. The van der Waals surface area contributed by atoms with E-state index in [2.05, 4.69) is 61.6 Å². The molecule has 1 aliphatic rings. The molecule has 0 bridgehead atoms. The van der Waals surface area contributed by atoms with Gasteiger partial charge in [0, 0.05) is 18.7 Å². The summed E-state index contributed by atoms with van der Waals surface area (Å²) >= 11 is 0. The highest BCUT2D eigenvalue weighted by Gasteiger charge is 2.24. The Labute approximate surface area is 114 Å². The van der Waals surface area contributed by atoms with Crippen molar-refractivity contribution in [2.24, 2.45) is 0 Å². The Morgan fingerprint density at radius 2 is 1.89 bits per heavy atom. The molecule has 1 atom stereocenters. The van der Waals surface area contributed by atoms with Crippen LogP contribution in [0.3, 0.4) is 0 Å². The van der Waals surface area contributed by atoms with Crippen LogP contribution in [0.15, 0.2) is 42.5 Å². The van der Waals surface area contributed by atoms with Crippen molar-refractivity contribution in [1.82, 2.24) is 5.32 Å². The van der Waals surface area contributed by atoms with E-state index in [9.17, 15) is 0 Å². The quantitative estimate of drug-likeness (QED) is 0.839. The summed E-state index contributed by atoms with van der Waals surface area (Å²) in [6, 6.07) is 15.1. The summed E-state index contributed by atoms with van der Waals surface area (Å²) in [5, 5.41) is 6.16. The van der Waals surface area contributed by atoms with Crippen molar-refractivity contribution in [3.63, 3.8) is 0 Å². The Morgan fingerprint density at radius 3 is 2.74 bits per heavy atom. The molecule has 2 aromatic carbocycles. The second-order valence-electron chi connectivity index (χ2n) is 5.98. The third kappa shape index (κ3) is 2.80. The molecule has 0 amide bonds. The van der Waals surface area contributed by atoms with Gasteiger partial charge in [-0.3, -0.25) is 0 Å². The highest BCUT2D eigenvalue weighted by Crippen LogP contribution is 2.26. The van der Waals surface area contributed by atoms with E-state index < -0.39 is 0 Å². The maximum absolute atomic E-state index is 6.01. The average Bonchev–Trinajstić information content (AvgIpc) is 2.59. The fourth-order valence-electron chi connectivity index (χ4n) is 2.59. The molecule has 1 fully saturated rings. The number of rotatable bonds is 1. The van der Waals surface area contributed by atoms with E-state index in [0.717, 1.165) is 19.6 Å². The minimum absolute atomic E-state index is 0.159. The summed E-state index contributed by atoms with van der Waals surface area (Å²) in [5.74, 6) is 0. The van der Waals surface area contributed by atoms with E-state index in [0.29, 0.717) is 0 Å². The van der Waals surface area contributed by atoms with Gasteiger partial charge in [-0.05, 0) is 42.7 Å². The summed E-state index contributed by atoms with van der Waals surface area (Å²) in [4.78, 5) is 0. The number of fused-ring (bicyclic) bond motifs is 1. The zero-order valence-electron chi connectivity index (χ0n) is 11.6. The van der Waals surface area contributed by atoms with E-state index in [4.69, 9.17) is 4.74 Å². The van der Waals surface area contributed by atoms with Crippen molar-refractivity contribution in [3.8, 4) is 0 Å². The first-order valence-corrected chi connectivity index (χ1v) is 6.99. The second-order valence-corrected chi connectivity index (χ2v) is 5.98. The predicted molar refractivity (Wildman–Crippen MR) is 79.3 cm³/mol. The summed E-state index contributed by atoms with van der Waals surface area (Å²) < 4.78 is 6.01. The standard InChI is InChI=1S/C17H21NO/c1-17(2)9-10-19-16(12-18-17)15-8-7-13-5-3-4-6-14(13)11-15/h3-8,11,16,18H,9-10,12H2,1-2H3. The summed E-state index contributed by atoms with van der Waals surface area (Å²) in [7, 11) is 0. The van der Waals surface area contributed by atoms with E-state index in [1.165, 1.54) is 16.3 Å². The highest BCUT2D eigenvalue weighted by molar-refractivity contribution is 5.83. The van der Waals surface area contributed by atoms with Crippen molar-refractivity contribution in [2.75, 3.05) is 13.2 Å². The number of hydrogen-bond acceptors (Lipinski definition) is 2. The fraction of sp³-hybridized carbons (Fsp3) is 0.412. The van der Waals surface area contributed by atoms with Gasteiger partial charge in [0.25, 0.3) is 0 Å². The molecule has 2 nitrogen and oxygen atoms in total. The van der Waals surface area contributed by atoms with Gasteiger partial charge in [0.15, 0.2) is 0 Å². The summed E-state index contributed by atoms with van der Waals surface area (Å²) in [6.07, 6.45) is 1.21. The Morgan fingerprint density at radius 1 is 1.11 bits per heavy atom. The van der Waals surface area contributed by atoms with Crippen LogP contribution in [0, 0.1) is 0 Å². The van der Waals surface area contributed by atoms with E-state index >= 15 is 0 Å². The highest BCUT2D eigenvalue weighted by atomic mass is 16.5. The zero-order valence-corrected chi connectivity index (χ0v) is 11.6. The molecule has 2 heteroatoms. The first-order valence-electron chi connectivity index (χ1n) is 6.99. The van der Waals surface area contributed by atoms with Gasteiger partial charge < -0.3 is 10.1 Å². The molecule has 2 aromatic rings. The fourth-order valence-corrected chi connectivity index (χ4v) is 2.59. The molecular weight excluding hydrogens is 234 g/mol. The van der Waals surface area contributed by atoms with Crippen molar-refractivity contribution in [3.05, 3.63) is 48.0 Å². The molecule has 0 radical (unpaired) electrons. The van der Waals surface area contributed by atoms with Crippen LogP contribution in [0.1, 0.15) is 31.9 Å². The Kier molecular flexibility index (Phi) is 3.29. The Bertz CT molecular complexity index is 576. The normalized spacial score (nSPS) is 23.2. The monoisotopic (exact) mass is 255 g/mol. The van der Waals surface area contributed by atoms with Gasteiger partial charge in [-0.25, -0.2) is 0 Å². The predicted octanol–water partition coefficient (Wildman–Crippen LogP) is 3.67. The molecule has 0 saturated carbocycles. The van der Waals surface area contributed by atoms with Gasteiger partial charge in [0.05, 0.1) is 6.10 Å². The molecule has 19 heavy (non-hydrogen) atoms. The van der Waals surface area contributed by atoms with Crippen LogP contribution in [0.4, 0.5) is 0 Å². The molecule has 1 unspecified atom stereocenters. The first kappa shape index (κ1) is 12.6. The molecular formula is C17H21NO. The maximum atomic E-state index is 6.01. The van der Waals surface area contributed by atoms with Crippen LogP contribution >= 0.6 is 0 Å². The van der Waals surface area contributed by atoms with Crippen LogP contribution < -0.4 is 5.32 Å². The summed E-state index contributed by atoms with van der Waals surface area (Å²) in [6.45, 7) is 6.17. The number of benzene rings is 2. The van der Waals surface area contributed by atoms with Crippen molar-refractivity contribution in [2.45, 2.75) is 31.9 Å². The smallest absolute Gasteiger partial charge is 0.0949 e. The van der Waals surface area contributed by atoms with Crippen LogP contribution in [0.2, 0.25) is 0 Å². The molecule has 0 aliphatic carbocycles. The SMILES string of the molecule is CC1(C)CCOC(c2ccc3ccccc3c2)CN1. The summed E-state index contributed by atoms with van der Waals surface area (Å²) in [5.41, 5.74) is 1.44. The van der Waals surface area contributed by atoms with Crippen LogP contribution in [-0.2, 0) is 4.74 Å². The lowest BCUT2D eigenvalue weighted by molar-refractivity contribution is 0.0657. The van der Waals surface area contributed by atoms with Gasteiger partial charge >= 0.3 is 0 Å². The minimum atomic E-state index is 0.159. The largest absolute Gasteiger partial charge is 0.372 e. The van der Waals surface area contributed by atoms with Crippen LogP contribution in [0.25, 0.3) is 10.8 Å². The van der Waals surface area contributed by atoms with Crippen LogP contribution in [-0.4, -0.2) is 18.7 Å². The molecule has 1 heterocycles. The van der Waals surface area contributed by atoms with Crippen molar-refractivity contribution >= 4 is 10.8 Å². The lowest BCUT2D eigenvalue weighted by Gasteiger charge is -2.23. The molecule has 100 valence electrons. The van der Waals surface area contributed by atoms with Gasteiger partial charge in [0.1, 0.15) is 0 Å². The lowest BCUT2D eigenvalue weighted by Crippen LogP contribution is -2.39. The molecule has 0 aromatic heterocycles. The molecule has 1 aliphatic heterocycles. The lowest BCUT2D eigenvalue weighted by atomic mass is 10.0. The minimum Gasteiger partial charge on any atom is -0.372 e. The van der Waals surface area contributed by atoms with E-state index in [-0.39, 0.29) is 11.6 Å². The van der Waals surface area contributed by atoms with Gasteiger partial charge in [-0.1, -0.05) is 36.4 Å². The third-order valence-corrected chi connectivity index (χ3v) is 3.96. The van der Waals surface area contributed by atoms with Crippen molar-refractivity contribution in [1.29, 1.82) is 0 Å². The van der Waals surface area contributed by atoms with Crippen LogP contribution in [0.5, 0.6) is 0 Å². The molecule has 0 spiro atoms. The number of ether oxygens (including phenoxy) is 1. The Hall–Kier alpha value is -1.38. The van der Waals surface area contributed by atoms with Gasteiger partial charge in [0.2, 0.25) is 0 Å². The topological polar surface area (TPSA) is 21.3 Å². The second kappa shape index (κ2) is 4.95. The molecule has 3 rings (SSSR count). The van der Waals surface area contributed by atoms with Gasteiger partial charge in [-0.15, -0.1) is 0 Å². The first-order chi connectivity index (χ1) is 9.14. The number of nitrogens with one attached hydrogen (secondary N) is 1. The maximum Gasteiger partial charge on any atom is 0.0949 e. The van der Waals surface area contributed by atoms with Gasteiger partial charge in [-0.2, -0.15) is 0 Å².